The summed E-state index contributed by atoms with van der Waals surface area (Å²) in [4.78, 5) is 0. The van der Waals surface area contributed by atoms with Crippen LogP contribution in [0.1, 0.15) is 25.3 Å². The van der Waals surface area contributed by atoms with Gasteiger partial charge in [-0.05, 0) is 30.0 Å². The summed E-state index contributed by atoms with van der Waals surface area (Å²) in [6, 6.07) is 8.02. The first-order valence-electron chi connectivity index (χ1n) is 6.06. The van der Waals surface area contributed by atoms with E-state index in [2.05, 4.69) is 22.9 Å². The van der Waals surface area contributed by atoms with Gasteiger partial charge in [0.2, 0.25) is 0 Å². The molecule has 0 aliphatic carbocycles. The van der Waals surface area contributed by atoms with Gasteiger partial charge in [-0.25, -0.2) is 0 Å². The predicted octanol–water partition coefficient (Wildman–Crippen LogP) is 4.02. The molecule has 0 spiro atoms. The highest BCUT2D eigenvalue weighted by atomic mass is 79.9. The van der Waals surface area contributed by atoms with E-state index in [-0.39, 0.29) is 0 Å². The third-order valence-corrected chi connectivity index (χ3v) is 3.61. The number of methoxy groups -OCH3 is 1. The molecular formula is C14H21BrO2. The molecule has 0 bridgehead atoms. The molecule has 0 aliphatic heterocycles. The maximum atomic E-state index is 5.73. The normalized spacial score (nSPS) is 12.4. The first kappa shape index (κ1) is 14.5. The van der Waals surface area contributed by atoms with E-state index in [1.54, 1.807) is 7.11 Å². The van der Waals surface area contributed by atoms with Gasteiger partial charge in [-0.2, -0.15) is 0 Å². The maximum Gasteiger partial charge on any atom is 0.118 e. The number of benzene rings is 1. The van der Waals surface area contributed by atoms with Gasteiger partial charge >= 0.3 is 0 Å². The number of hydrogen-bond acceptors (Lipinski definition) is 2. The summed E-state index contributed by atoms with van der Waals surface area (Å²) in [5, 5.41) is 1.02. The molecule has 1 atom stereocenters. The number of alkyl halides is 1. The Balaban J connectivity index is 2.29. The van der Waals surface area contributed by atoms with Crippen LogP contribution in [-0.2, 0) is 11.3 Å². The van der Waals surface area contributed by atoms with Crippen LogP contribution >= 0.6 is 15.9 Å². The van der Waals surface area contributed by atoms with Gasteiger partial charge in [0.15, 0.2) is 0 Å². The van der Waals surface area contributed by atoms with Crippen LogP contribution in [0.2, 0.25) is 0 Å². The Morgan fingerprint density at radius 1 is 1.24 bits per heavy atom. The molecule has 0 saturated carbocycles. The lowest BCUT2D eigenvalue weighted by Crippen LogP contribution is -2.10. The molecule has 1 aromatic rings. The largest absolute Gasteiger partial charge is 0.497 e. The average Bonchev–Trinajstić information content (AvgIpc) is 2.38. The van der Waals surface area contributed by atoms with E-state index in [1.807, 2.05) is 24.3 Å². The molecule has 3 heteroatoms. The molecule has 0 heterocycles. The summed E-state index contributed by atoms with van der Waals surface area (Å²) in [6.45, 7) is 3.71. The fourth-order valence-corrected chi connectivity index (χ4v) is 2.19. The van der Waals surface area contributed by atoms with Crippen LogP contribution in [0.5, 0.6) is 5.75 Å². The Morgan fingerprint density at radius 3 is 2.47 bits per heavy atom. The zero-order chi connectivity index (χ0) is 12.5. The highest BCUT2D eigenvalue weighted by Crippen LogP contribution is 2.14. The van der Waals surface area contributed by atoms with E-state index in [1.165, 1.54) is 18.4 Å². The maximum absolute atomic E-state index is 5.73. The Hall–Kier alpha value is -0.540. The fourth-order valence-electron chi connectivity index (χ4n) is 1.68. The van der Waals surface area contributed by atoms with Gasteiger partial charge in [-0.15, -0.1) is 0 Å². The van der Waals surface area contributed by atoms with E-state index in [0.29, 0.717) is 12.5 Å². The number of halogens is 1. The zero-order valence-electron chi connectivity index (χ0n) is 10.6. The lowest BCUT2D eigenvalue weighted by atomic mass is 10.1. The molecule has 0 radical (unpaired) electrons. The second kappa shape index (κ2) is 8.54. The minimum atomic E-state index is 0.623. The van der Waals surface area contributed by atoms with Crippen LogP contribution in [-0.4, -0.2) is 19.0 Å². The van der Waals surface area contributed by atoms with Crippen molar-refractivity contribution >= 4 is 15.9 Å². The van der Waals surface area contributed by atoms with Crippen LogP contribution in [0.3, 0.4) is 0 Å². The van der Waals surface area contributed by atoms with Crippen molar-refractivity contribution in [2.24, 2.45) is 5.92 Å². The smallest absolute Gasteiger partial charge is 0.118 e. The summed E-state index contributed by atoms with van der Waals surface area (Å²) in [6.07, 6.45) is 2.43. The molecule has 1 unspecified atom stereocenters. The highest BCUT2D eigenvalue weighted by molar-refractivity contribution is 9.09. The Bertz CT molecular complexity index is 298. The monoisotopic (exact) mass is 300 g/mol. The van der Waals surface area contributed by atoms with Gasteiger partial charge in [0.25, 0.3) is 0 Å². The number of ether oxygens (including phenoxy) is 2. The molecule has 0 N–H and O–H groups in total. The van der Waals surface area contributed by atoms with Crippen molar-refractivity contribution in [2.45, 2.75) is 26.4 Å². The molecule has 0 fully saturated rings. The minimum Gasteiger partial charge on any atom is -0.497 e. The Labute approximate surface area is 112 Å². The second-order valence-electron chi connectivity index (χ2n) is 4.17. The van der Waals surface area contributed by atoms with E-state index >= 15 is 0 Å². The van der Waals surface area contributed by atoms with Crippen molar-refractivity contribution in [3.63, 3.8) is 0 Å². The van der Waals surface area contributed by atoms with Crippen molar-refractivity contribution in [1.82, 2.24) is 0 Å². The quantitative estimate of drug-likeness (QED) is 0.675. The topological polar surface area (TPSA) is 18.5 Å². The molecule has 1 aromatic carbocycles. The van der Waals surface area contributed by atoms with E-state index in [0.717, 1.165) is 17.7 Å². The van der Waals surface area contributed by atoms with Crippen LogP contribution in [0.15, 0.2) is 24.3 Å². The predicted molar refractivity (Wildman–Crippen MR) is 74.8 cm³/mol. The summed E-state index contributed by atoms with van der Waals surface area (Å²) < 4.78 is 10.8. The van der Waals surface area contributed by atoms with Crippen LogP contribution in [0, 0.1) is 5.92 Å². The number of hydrogen-bond donors (Lipinski definition) is 0. The standard InChI is InChI=1S/C14H21BrO2/c1-3-4-13(9-15)11-17-10-12-5-7-14(16-2)8-6-12/h5-8,13H,3-4,9-11H2,1-2H3. The first-order valence-corrected chi connectivity index (χ1v) is 7.19. The van der Waals surface area contributed by atoms with E-state index < -0.39 is 0 Å². The van der Waals surface area contributed by atoms with Gasteiger partial charge in [0, 0.05) is 5.33 Å². The lowest BCUT2D eigenvalue weighted by molar-refractivity contribution is 0.0910. The zero-order valence-corrected chi connectivity index (χ0v) is 12.2. The summed E-state index contributed by atoms with van der Waals surface area (Å²) >= 11 is 3.53. The molecule has 0 saturated heterocycles. The summed E-state index contributed by atoms with van der Waals surface area (Å²) in [5.41, 5.74) is 1.19. The van der Waals surface area contributed by atoms with Crippen molar-refractivity contribution in [3.05, 3.63) is 29.8 Å². The third kappa shape index (κ3) is 5.55. The summed E-state index contributed by atoms with van der Waals surface area (Å²) in [7, 11) is 1.68. The second-order valence-corrected chi connectivity index (χ2v) is 4.82. The Morgan fingerprint density at radius 2 is 1.94 bits per heavy atom. The van der Waals surface area contributed by atoms with Gasteiger partial charge in [0.1, 0.15) is 5.75 Å². The molecule has 1 rings (SSSR count). The van der Waals surface area contributed by atoms with Gasteiger partial charge in [-0.1, -0.05) is 41.4 Å². The van der Waals surface area contributed by atoms with Gasteiger partial charge in [-0.3, -0.25) is 0 Å². The van der Waals surface area contributed by atoms with Crippen molar-refractivity contribution in [3.8, 4) is 5.75 Å². The van der Waals surface area contributed by atoms with Gasteiger partial charge < -0.3 is 9.47 Å². The van der Waals surface area contributed by atoms with Crippen molar-refractivity contribution in [2.75, 3.05) is 19.0 Å². The van der Waals surface area contributed by atoms with Crippen molar-refractivity contribution in [1.29, 1.82) is 0 Å². The summed E-state index contributed by atoms with van der Waals surface area (Å²) in [5.74, 6) is 1.51. The Kier molecular flexibility index (Phi) is 7.29. The molecule has 0 aliphatic rings. The van der Waals surface area contributed by atoms with E-state index in [9.17, 15) is 0 Å². The number of rotatable bonds is 8. The van der Waals surface area contributed by atoms with Crippen LogP contribution < -0.4 is 4.74 Å². The fraction of sp³-hybridized carbons (Fsp3) is 0.571. The SMILES string of the molecule is CCCC(CBr)COCc1ccc(OC)cc1. The minimum absolute atomic E-state index is 0.623. The van der Waals surface area contributed by atoms with E-state index in [4.69, 9.17) is 9.47 Å². The first-order chi connectivity index (χ1) is 8.30. The van der Waals surface area contributed by atoms with Crippen LogP contribution in [0.25, 0.3) is 0 Å². The molecular weight excluding hydrogens is 280 g/mol. The molecule has 2 nitrogen and oxygen atoms in total. The molecule has 96 valence electrons. The molecule has 0 aromatic heterocycles. The highest BCUT2D eigenvalue weighted by Gasteiger charge is 2.05. The third-order valence-electron chi connectivity index (χ3n) is 2.70. The van der Waals surface area contributed by atoms with Gasteiger partial charge in [0.05, 0.1) is 20.3 Å². The molecule has 0 amide bonds. The lowest BCUT2D eigenvalue weighted by Gasteiger charge is -2.13. The molecule has 17 heavy (non-hydrogen) atoms. The van der Waals surface area contributed by atoms with Crippen molar-refractivity contribution < 1.29 is 9.47 Å². The average molecular weight is 301 g/mol. The van der Waals surface area contributed by atoms with Crippen LogP contribution in [0.4, 0.5) is 0 Å².